The van der Waals surface area contributed by atoms with E-state index in [1.54, 1.807) is 11.3 Å². The number of nitrogens with one attached hydrogen (secondary N) is 1. The molecule has 2 heterocycles. The molecule has 22 heavy (non-hydrogen) atoms. The van der Waals surface area contributed by atoms with Gasteiger partial charge in [0.05, 0.1) is 12.6 Å². The van der Waals surface area contributed by atoms with Gasteiger partial charge in [0.1, 0.15) is 5.75 Å². The van der Waals surface area contributed by atoms with Crippen LogP contribution >= 0.6 is 11.3 Å². The van der Waals surface area contributed by atoms with Crippen LogP contribution in [0.1, 0.15) is 27.5 Å². The number of carbonyl (C=O) groups is 1. The molecule has 0 bridgehead atoms. The molecule has 4 nitrogen and oxygen atoms in total. The summed E-state index contributed by atoms with van der Waals surface area (Å²) < 4.78 is 5.47. The predicted octanol–water partition coefficient (Wildman–Crippen LogP) is 2.72. The van der Waals surface area contributed by atoms with Crippen molar-refractivity contribution in [2.75, 3.05) is 27.2 Å². The minimum atomic E-state index is -0.0308. The number of hydrogen-bond acceptors (Lipinski definition) is 4. The maximum absolute atomic E-state index is 12.4. The van der Waals surface area contributed by atoms with Gasteiger partial charge in [-0.05, 0) is 60.2 Å². The predicted molar refractivity (Wildman–Crippen MR) is 88.7 cm³/mol. The smallest absolute Gasteiger partial charge is 0.251 e. The molecule has 0 fully saturated rings. The van der Waals surface area contributed by atoms with Crippen LogP contribution < -0.4 is 10.1 Å². The molecule has 1 aliphatic rings. The molecule has 0 radical (unpaired) electrons. The van der Waals surface area contributed by atoms with E-state index in [0.29, 0.717) is 18.7 Å². The van der Waals surface area contributed by atoms with Crippen molar-refractivity contribution in [2.24, 2.45) is 0 Å². The van der Waals surface area contributed by atoms with Crippen molar-refractivity contribution in [3.63, 3.8) is 0 Å². The Morgan fingerprint density at radius 1 is 1.41 bits per heavy atom. The third-order valence-corrected chi connectivity index (χ3v) is 4.66. The number of thiophene rings is 1. The summed E-state index contributed by atoms with van der Waals surface area (Å²) in [4.78, 5) is 14.5. The Balaban J connectivity index is 1.66. The zero-order valence-corrected chi connectivity index (χ0v) is 13.7. The number of fused-ring (bicyclic) bond motifs is 1. The Morgan fingerprint density at radius 2 is 2.27 bits per heavy atom. The van der Waals surface area contributed by atoms with E-state index in [0.717, 1.165) is 17.7 Å². The molecule has 0 spiro atoms. The van der Waals surface area contributed by atoms with Crippen LogP contribution in [-0.4, -0.2) is 38.1 Å². The van der Waals surface area contributed by atoms with E-state index >= 15 is 0 Å². The van der Waals surface area contributed by atoms with Crippen LogP contribution in [-0.2, 0) is 6.42 Å². The van der Waals surface area contributed by atoms with E-state index in [1.165, 1.54) is 5.56 Å². The average molecular weight is 316 g/mol. The third-order valence-electron chi connectivity index (χ3n) is 3.96. The first-order valence-corrected chi connectivity index (χ1v) is 8.32. The number of hydrogen-bond donors (Lipinski definition) is 1. The summed E-state index contributed by atoms with van der Waals surface area (Å²) in [5.41, 5.74) is 3.05. The molecular weight excluding hydrogens is 296 g/mol. The van der Waals surface area contributed by atoms with Crippen LogP contribution in [0.25, 0.3) is 0 Å². The van der Waals surface area contributed by atoms with Crippen LogP contribution in [0.2, 0.25) is 0 Å². The van der Waals surface area contributed by atoms with Gasteiger partial charge in [-0.2, -0.15) is 11.3 Å². The van der Waals surface area contributed by atoms with Crippen molar-refractivity contribution in [2.45, 2.75) is 12.5 Å². The highest BCUT2D eigenvalue weighted by Gasteiger charge is 2.18. The van der Waals surface area contributed by atoms with Crippen LogP contribution in [0, 0.1) is 0 Å². The highest BCUT2D eigenvalue weighted by molar-refractivity contribution is 7.07. The standard InChI is InChI=1S/C17H20N2O2S/c1-19(2)15(14-6-8-22-11-14)10-18-17(20)13-3-4-16-12(9-13)5-7-21-16/h3-4,6,8-9,11,15H,5,7,10H2,1-2H3,(H,18,20)/t15-/m0/s1. The number of likely N-dealkylation sites (N-methyl/N-ethyl adjacent to an activating group) is 1. The van der Waals surface area contributed by atoms with Crippen LogP contribution in [0.15, 0.2) is 35.0 Å². The minimum Gasteiger partial charge on any atom is -0.493 e. The highest BCUT2D eigenvalue weighted by atomic mass is 32.1. The molecule has 0 saturated carbocycles. The maximum atomic E-state index is 12.4. The second kappa shape index (κ2) is 6.50. The molecule has 1 N–H and O–H groups in total. The molecule has 5 heteroatoms. The van der Waals surface area contributed by atoms with Crippen LogP contribution in [0.3, 0.4) is 0 Å². The number of nitrogens with zero attached hydrogens (tertiary/aromatic N) is 1. The quantitative estimate of drug-likeness (QED) is 0.922. The van der Waals surface area contributed by atoms with E-state index in [1.807, 2.05) is 32.3 Å². The van der Waals surface area contributed by atoms with E-state index in [2.05, 4.69) is 27.0 Å². The van der Waals surface area contributed by atoms with Gasteiger partial charge in [-0.25, -0.2) is 0 Å². The summed E-state index contributed by atoms with van der Waals surface area (Å²) in [5.74, 6) is 0.873. The van der Waals surface area contributed by atoms with Crippen molar-refractivity contribution in [3.8, 4) is 5.75 Å². The zero-order valence-electron chi connectivity index (χ0n) is 12.8. The lowest BCUT2D eigenvalue weighted by Crippen LogP contribution is -2.34. The summed E-state index contributed by atoms with van der Waals surface area (Å²) in [6, 6.07) is 7.95. The number of carbonyl (C=O) groups excluding carboxylic acids is 1. The molecule has 1 aromatic carbocycles. The summed E-state index contributed by atoms with van der Waals surface area (Å²) in [5, 5.41) is 7.24. The second-order valence-electron chi connectivity index (χ2n) is 5.67. The summed E-state index contributed by atoms with van der Waals surface area (Å²) in [6.45, 7) is 1.30. The Morgan fingerprint density at radius 3 is 3.00 bits per heavy atom. The first kappa shape index (κ1) is 15.1. The van der Waals surface area contributed by atoms with Gasteiger partial charge in [0.15, 0.2) is 0 Å². The van der Waals surface area contributed by atoms with Gasteiger partial charge in [-0.3, -0.25) is 4.79 Å². The number of amides is 1. The van der Waals surface area contributed by atoms with Gasteiger partial charge in [-0.1, -0.05) is 0 Å². The first-order chi connectivity index (χ1) is 10.6. The lowest BCUT2D eigenvalue weighted by atomic mass is 10.1. The highest BCUT2D eigenvalue weighted by Crippen LogP contribution is 2.26. The lowest BCUT2D eigenvalue weighted by molar-refractivity contribution is 0.0942. The van der Waals surface area contributed by atoms with E-state index in [4.69, 9.17) is 4.74 Å². The lowest BCUT2D eigenvalue weighted by Gasteiger charge is -2.24. The molecule has 0 aliphatic carbocycles. The molecular formula is C17H20N2O2S. The minimum absolute atomic E-state index is 0.0308. The van der Waals surface area contributed by atoms with Crippen molar-refractivity contribution in [1.82, 2.24) is 10.2 Å². The van der Waals surface area contributed by atoms with E-state index in [9.17, 15) is 4.79 Å². The van der Waals surface area contributed by atoms with Gasteiger partial charge in [0.2, 0.25) is 0 Å². The molecule has 2 aromatic rings. The monoisotopic (exact) mass is 316 g/mol. The third kappa shape index (κ3) is 3.15. The topological polar surface area (TPSA) is 41.6 Å². The molecule has 0 unspecified atom stereocenters. The van der Waals surface area contributed by atoms with Crippen LogP contribution in [0.5, 0.6) is 5.75 Å². The van der Waals surface area contributed by atoms with Crippen molar-refractivity contribution in [3.05, 3.63) is 51.7 Å². The number of benzene rings is 1. The molecule has 0 saturated heterocycles. The SMILES string of the molecule is CN(C)[C@@H](CNC(=O)c1ccc2c(c1)CCO2)c1ccsc1. The van der Waals surface area contributed by atoms with E-state index < -0.39 is 0 Å². The second-order valence-corrected chi connectivity index (χ2v) is 6.45. The molecule has 116 valence electrons. The normalized spacial score (nSPS) is 14.5. The van der Waals surface area contributed by atoms with Crippen molar-refractivity contribution >= 4 is 17.2 Å². The van der Waals surface area contributed by atoms with Gasteiger partial charge in [-0.15, -0.1) is 0 Å². The van der Waals surface area contributed by atoms with E-state index in [-0.39, 0.29) is 11.9 Å². The molecule has 1 aromatic heterocycles. The Hall–Kier alpha value is -1.85. The fraction of sp³-hybridized carbons (Fsp3) is 0.353. The molecule has 1 atom stereocenters. The maximum Gasteiger partial charge on any atom is 0.251 e. The fourth-order valence-electron chi connectivity index (χ4n) is 2.68. The van der Waals surface area contributed by atoms with Gasteiger partial charge in [0.25, 0.3) is 5.91 Å². The summed E-state index contributed by atoms with van der Waals surface area (Å²) >= 11 is 1.68. The summed E-state index contributed by atoms with van der Waals surface area (Å²) in [6.07, 6.45) is 0.881. The van der Waals surface area contributed by atoms with Gasteiger partial charge >= 0.3 is 0 Å². The van der Waals surface area contributed by atoms with Gasteiger partial charge in [0, 0.05) is 18.5 Å². The van der Waals surface area contributed by atoms with Gasteiger partial charge < -0.3 is 15.0 Å². The number of rotatable bonds is 5. The van der Waals surface area contributed by atoms with Crippen LogP contribution in [0.4, 0.5) is 0 Å². The Kier molecular flexibility index (Phi) is 4.45. The first-order valence-electron chi connectivity index (χ1n) is 7.37. The molecule has 3 rings (SSSR count). The molecule has 1 amide bonds. The van der Waals surface area contributed by atoms with Crippen molar-refractivity contribution in [1.29, 1.82) is 0 Å². The summed E-state index contributed by atoms with van der Waals surface area (Å²) in [7, 11) is 4.06. The largest absolute Gasteiger partial charge is 0.493 e. The Bertz CT molecular complexity index is 653. The number of ether oxygens (including phenoxy) is 1. The van der Waals surface area contributed by atoms with Crippen molar-refractivity contribution < 1.29 is 9.53 Å². The Labute approximate surface area is 134 Å². The average Bonchev–Trinajstić information content (AvgIpc) is 3.17. The zero-order chi connectivity index (χ0) is 15.5. The molecule has 1 aliphatic heterocycles. The fourth-order valence-corrected chi connectivity index (χ4v) is 3.39.